The molecule has 3 amide bonds. The molecule has 7 nitrogen and oxygen atoms in total. The standard InChI is InChI=1S/C26H28ClN3O4S/c1-15-6-5-9-17(27)21(15)29-24(33)22-26-11-10-18(35-26)19(20(26)25(34)30(22)12-13-31)23(32)28-14-16-7-3-2-4-8-16/h2-9,18-20,22,31H,10-14H2,1H3,(H,28,32)(H,29,33)/t18-,19+,20+,22?,26?/m1/s1. The number of β-amino-alcohol motifs (C(OH)–C–C–N with tert-alkyl or cyclic N) is 1. The number of para-hydroxylation sites is 1. The summed E-state index contributed by atoms with van der Waals surface area (Å²) in [5.41, 5.74) is 2.32. The molecule has 2 unspecified atom stereocenters. The molecule has 5 atom stereocenters. The third kappa shape index (κ3) is 4.01. The molecule has 2 bridgehead atoms. The van der Waals surface area contributed by atoms with Gasteiger partial charge in [0.05, 0.1) is 33.9 Å². The molecule has 3 fully saturated rings. The molecule has 2 aromatic rings. The highest BCUT2D eigenvalue weighted by atomic mass is 35.5. The summed E-state index contributed by atoms with van der Waals surface area (Å²) in [6, 6.07) is 14.2. The maximum absolute atomic E-state index is 13.7. The summed E-state index contributed by atoms with van der Waals surface area (Å²) in [6.07, 6.45) is 1.43. The average molecular weight is 514 g/mol. The van der Waals surface area contributed by atoms with Crippen LogP contribution in [0.4, 0.5) is 5.69 Å². The highest BCUT2D eigenvalue weighted by Gasteiger charge is 2.73. The number of aliphatic hydroxyl groups excluding tert-OH is 1. The van der Waals surface area contributed by atoms with E-state index in [2.05, 4.69) is 10.6 Å². The number of thioether (sulfide) groups is 1. The van der Waals surface area contributed by atoms with Crippen LogP contribution in [0.25, 0.3) is 0 Å². The number of benzene rings is 2. The minimum atomic E-state index is -0.787. The van der Waals surface area contributed by atoms with Crippen LogP contribution < -0.4 is 10.6 Å². The van der Waals surface area contributed by atoms with Crippen molar-refractivity contribution >= 4 is 46.8 Å². The fraction of sp³-hybridized carbons (Fsp3) is 0.423. The molecule has 0 aromatic heterocycles. The van der Waals surface area contributed by atoms with Crippen LogP contribution in [0, 0.1) is 18.8 Å². The molecule has 9 heteroatoms. The Morgan fingerprint density at radius 1 is 1.17 bits per heavy atom. The van der Waals surface area contributed by atoms with Crippen molar-refractivity contribution in [2.75, 3.05) is 18.5 Å². The number of rotatable bonds is 7. The maximum atomic E-state index is 13.7. The normalized spacial score (nSPS) is 28.8. The van der Waals surface area contributed by atoms with Gasteiger partial charge in [0.15, 0.2) is 0 Å². The van der Waals surface area contributed by atoms with Crippen LogP contribution in [0.3, 0.4) is 0 Å². The Balaban J connectivity index is 1.42. The van der Waals surface area contributed by atoms with Crippen molar-refractivity contribution in [3.8, 4) is 0 Å². The van der Waals surface area contributed by atoms with E-state index in [1.54, 1.807) is 17.8 Å². The lowest BCUT2D eigenvalue weighted by atomic mass is 9.70. The fourth-order valence-corrected chi connectivity index (χ4v) is 8.48. The molecule has 3 saturated heterocycles. The van der Waals surface area contributed by atoms with Crippen LogP contribution in [-0.4, -0.2) is 56.9 Å². The molecule has 5 rings (SSSR count). The number of amides is 3. The van der Waals surface area contributed by atoms with E-state index in [-0.39, 0.29) is 36.1 Å². The second kappa shape index (κ2) is 9.48. The first-order chi connectivity index (χ1) is 16.9. The van der Waals surface area contributed by atoms with Crippen LogP contribution in [0.5, 0.6) is 0 Å². The molecule has 0 saturated carbocycles. The SMILES string of the molecule is Cc1cccc(Cl)c1NC(=O)C1N(CCO)C(=O)[C@@H]2[C@@H](C(=O)NCc3ccccc3)[C@H]3CCC12S3. The van der Waals surface area contributed by atoms with Crippen LogP contribution in [0.15, 0.2) is 48.5 Å². The average Bonchev–Trinajstić information content (AvgIpc) is 3.48. The van der Waals surface area contributed by atoms with E-state index in [0.717, 1.165) is 17.5 Å². The molecule has 184 valence electrons. The first-order valence-electron chi connectivity index (χ1n) is 11.8. The number of hydrogen-bond donors (Lipinski definition) is 3. The van der Waals surface area contributed by atoms with Gasteiger partial charge in [0.25, 0.3) is 0 Å². The van der Waals surface area contributed by atoms with Crippen molar-refractivity contribution in [3.63, 3.8) is 0 Å². The number of anilines is 1. The van der Waals surface area contributed by atoms with Gasteiger partial charge in [-0.15, -0.1) is 11.8 Å². The minimum Gasteiger partial charge on any atom is -0.395 e. The number of carbonyl (C=O) groups is 3. The summed E-state index contributed by atoms with van der Waals surface area (Å²) >= 11 is 7.95. The number of aryl methyl sites for hydroxylation is 1. The van der Waals surface area contributed by atoms with Gasteiger partial charge in [0, 0.05) is 18.3 Å². The van der Waals surface area contributed by atoms with Gasteiger partial charge >= 0.3 is 0 Å². The van der Waals surface area contributed by atoms with Crippen LogP contribution in [0.2, 0.25) is 5.02 Å². The first kappa shape index (κ1) is 24.2. The number of nitrogens with one attached hydrogen (secondary N) is 2. The quantitative estimate of drug-likeness (QED) is 0.528. The molecule has 0 radical (unpaired) electrons. The zero-order chi connectivity index (χ0) is 24.7. The lowest BCUT2D eigenvalue weighted by Gasteiger charge is -2.34. The van der Waals surface area contributed by atoms with Crippen molar-refractivity contribution in [1.29, 1.82) is 0 Å². The first-order valence-corrected chi connectivity index (χ1v) is 13.1. The highest BCUT2D eigenvalue weighted by molar-refractivity contribution is 8.02. The van der Waals surface area contributed by atoms with Gasteiger partial charge in [0.1, 0.15) is 6.04 Å². The Morgan fingerprint density at radius 3 is 2.66 bits per heavy atom. The zero-order valence-corrected chi connectivity index (χ0v) is 20.9. The topological polar surface area (TPSA) is 98.7 Å². The molecule has 3 heterocycles. The van der Waals surface area contributed by atoms with E-state index in [1.165, 1.54) is 4.90 Å². The van der Waals surface area contributed by atoms with E-state index >= 15 is 0 Å². The van der Waals surface area contributed by atoms with Gasteiger partial charge in [-0.2, -0.15) is 0 Å². The monoisotopic (exact) mass is 513 g/mol. The van der Waals surface area contributed by atoms with Gasteiger partial charge in [-0.1, -0.05) is 54.1 Å². The van der Waals surface area contributed by atoms with Gasteiger partial charge in [-0.25, -0.2) is 0 Å². The number of aliphatic hydroxyl groups is 1. The smallest absolute Gasteiger partial charge is 0.248 e. The molecule has 2 aromatic carbocycles. The molecule has 35 heavy (non-hydrogen) atoms. The van der Waals surface area contributed by atoms with Gasteiger partial charge in [0.2, 0.25) is 17.7 Å². The minimum absolute atomic E-state index is 0.0200. The van der Waals surface area contributed by atoms with E-state index < -0.39 is 22.6 Å². The second-order valence-corrected chi connectivity index (χ2v) is 11.4. The van der Waals surface area contributed by atoms with Crippen molar-refractivity contribution in [2.24, 2.45) is 11.8 Å². The van der Waals surface area contributed by atoms with Crippen LogP contribution in [0.1, 0.15) is 24.0 Å². The molecule has 3 N–H and O–H groups in total. The maximum Gasteiger partial charge on any atom is 0.248 e. The third-order valence-electron chi connectivity index (χ3n) is 7.47. The molecule has 3 aliphatic heterocycles. The van der Waals surface area contributed by atoms with Crippen LogP contribution in [-0.2, 0) is 20.9 Å². The lowest BCUT2D eigenvalue weighted by Crippen LogP contribution is -2.52. The van der Waals surface area contributed by atoms with Gasteiger partial charge < -0.3 is 20.6 Å². The molecule has 3 aliphatic rings. The third-order valence-corrected chi connectivity index (χ3v) is 9.74. The predicted molar refractivity (Wildman–Crippen MR) is 136 cm³/mol. The van der Waals surface area contributed by atoms with Crippen molar-refractivity contribution in [1.82, 2.24) is 10.2 Å². The molecule has 0 aliphatic carbocycles. The van der Waals surface area contributed by atoms with Crippen molar-refractivity contribution < 1.29 is 19.5 Å². The molecular formula is C26H28ClN3O4S. The highest BCUT2D eigenvalue weighted by Crippen LogP contribution is 2.66. The summed E-state index contributed by atoms with van der Waals surface area (Å²) < 4.78 is -0.703. The zero-order valence-electron chi connectivity index (χ0n) is 19.4. The number of likely N-dealkylation sites (tertiary alicyclic amines) is 1. The van der Waals surface area contributed by atoms with Crippen molar-refractivity contribution in [3.05, 3.63) is 64.7 Å². The number of fused-ring (bicyclic) bond motifs is 1. The summed E-state index contributed by atoms with van der Waals surface area (Å²) in [4.78, 5) is 42.2. The number of hydrogen-bond acceptors (Lipinski definition) is 5. The van der Waals surface area contributed by atoms with Crippen LogP contribution >= 0.6 is 23.4 Å². The molecular weight excluding hydrogens is 486 g/mol. The van der Waals surface area contributed by atoms with Gasteiger partial charge in [-0.3, -0.25) is 14.4 Å². The predicted octanol–water partition coefficient (Wildman–Crippen LogP) is 2.99. The van der Waals surface area contributed by atoms with Crippen molar-refractivity contribution in [2.45, 2.75) is 42.3 Å². The Hall–Kier alpha value is -2.55. The van der Waals surface area contributed by atoms with E-state index in [9.17, 15) is 19.5 Å². The summed E-state index contributed by atoms with van der Waals surface area (Å²) in [5, 5.41) is 16.1. The number of halogens is 1. The number of carbonyl (C=O) groups excluding carboxylic acids is 3. The van der Waals surface area contributed by atoms with E-state index in [1.807, 2.05) is 49.4 Å². The largest absolute Gasteiger partial charge is 0.395 e. The lowest BCUT2D eigenvalue weighted by molar-refractivity contribution is -0.139. The van der Waals surface area contributed by atoms with E-state index in [4.69, 9.17) is 11.6 Å². The summed E-state index contributed by atoms with van der Waals surface area (Å²) in [6.45, 7) is 2.02. The fourth-order valence-electron chi connectivity index (χ4n) is 5.99. The molecule has 1 spiro atoms. The van der Waals surface area contributed by atoms with Gasteiger partial charge in [-0.05, 0) is 37.0 Å². The van der Waals surface area contributed by atoms with E-state index in [0.29, 0.717) is 23.7 Å². The Morgan fingerprint density at radius 2 is 1.94 bits per heavy atom. The Bertz CT molecular complexity index is 1140. The Kier molecular flexibility index (Phi) is 6.55. The summed E-state index contributed by atoms with van der Waals surface area (Å²) in [7, 11) is 0. The summed E-state index contributed by atoms with van der Waals surface area (Å²) in [5.74, 6) is -1.82. The second-order valence-electron chi connectivity index (χ2n) is 9.44. The Labute approximate surface area is 213 Å². The number of nitrogens with zero attached hydrogens (tertiary/aromatic N) is 1.